The topological polar surface area (TPSA) is 114 Å². The molecule has 1 atom stereocenters. The molecule has 0 fully saturated rings. The first-order chi connectivity index (χ1) is 15.4. The van der Waals surface area contributed by atoms with Crippen LogP contribution in [0.4, 0.5) is 0 Å². The maximum absolute atomic E-state index is 12.8. The first kappa shape index (κ1) is 22.5. The van der Waals surface area contributed by atoms with Gasteiger partial charge in [0.25, 0.3) is 5.09 Å². The molecule has 9 nitrogen and oxygen atoms in total. The van der Waals surface area contributed by atoms with Gasteiger partial charge in [0.15, 0.2) is 0 Å². The van der Waals surface area contributed by atoms with Crippen molar-refractivity contribution in [1.29, 1.82) is 0 Å². The minimum atomic E-state index is -0.978. The molecule has 3 aromatic carbocycles. The molecule has 0 N–H and O–H groups in total. The standard InChI is InChI=1S/C23H21NO8/c1-15(16-7-8-18-14-19(29-2)10-9-17(18)13-16)22(25)32-21-6-4-3-5-20(21)23(26)30-11-12-31-24(27)28/h3-10,13-15H,11-12H2,1-2H3/t15-/m0/s1. The van der Waals surface area contributed by atoms with Crippen molar-refractivity contribution in [3.05, 3.63) is 81.9 Å². The van der Waals surface area contributed by atoms with Crippen molar-refractivity contribution in [1.82, 2.24) is 0 Å². The average Bonchev–Trinajstić information content (AvgIpc) is 2.80. The Morgan fingerprint density at radius 3 is 2.47 bits per heavy atom. The fourth-order valence-corrected chi connectivity index (χ4v) is 3.02. The fourth-order valence-electron chi connectivity index (χ4n) is 3.02. The molecule has 32 heavy (non-hydrogen) atoms. The molecule has 3 aromatic rings. The monoisotopic (exact) mass is 439 g/mol. The normalized spacial score (nSPS) is 11.4. The number of para-hydroxylation sites is 1. The van der Waals surface area contributed by atoms with Gasteiger partial charge in [-0.25, -0.2) is 4.79 Å². The highest BCUT2D eigenvalue weighted by molar-refractivity contribution is 5.94. The Labute approximate surface area is 183 Å². The molecular weight excluding hydrogens is 418 g/mol. The number of rotatable bonds is 9. The van der Waals surface area contributed by atoms with E-state index in [2.05, 4.69) is 4.84 Å². The predicted octanol–water partition coefficient (Wildman–Crippen LogP) is 3.92. The molecule has 0 aliphatic heterocycles. The summed E-state index contributed by atoms with van der Waals surface area (Å²) in [5.74, 6) is -1.15. The van der Waals surface area contributed by atoms with Crippen LogP contribution in [0.15, 0.2) is 60.7 Å². The summed E-state index contributed by atoms with van der Waals surface area (Å²) < 4.78 is 15.6. The molecule has 0 aromatic heterocycles. The number of methoxy groups -OCH3 is 1. The van der Waals surface area contributed by atoms with Crippen molar-refractivity contribution in [3.8, 4) is 11.5 Å². The molecule has 0 amide bonds. The van der Waals surface area contributed by atoms with Crippen molar-refractivity contribution in [3.63, 3.8) is 0 Å². The molecule has 166 valence electrons. The van der Waals surface area contributed by atoms with E-state index in [-0.39, 0.29) is 17.9 Å². The van der Waals surface area contributed by atoms with Gasteiger partial charge in [-0.3, -0.25) is 4.79 Å². The number of hydrogen-bond acceptors (Lipinski definition) is 8. The molecule has 0 saturated carbocycles. The predicted molar refractivity (Wildman–Crippen MR) is 114 cm³/mol. The number of fused-ring (bicyclic) bond motifs is 1. The molecule has 0 aliphatic rings. The zero-order chi connectivity index (χ0) is 23.1. The van der Waals surface area contributed by atoms with Gasteiger partial charge in [-0.05, 0) is 47.5 Å². The van der Waals surface area contributed by atoms with E-state index in [1.165, 1.54) is 12.1 Å². The summed E-state index contributed by atoms with van der Waals surface area (Å²) in [4.78, 5) is 39.3. The van der Waals surface area contributed by atoms with Crippen molar-refractivity contribution >= 4 is 22.7 Å². The first-order valence-corrected chi connectivity index (χ1v) is 9.72. The quantitative estimate of drug-likeness (QED) is 0.162. The van der Waals surface area contributed by atoms with Gasteiger partial charge < -0.3 is 19.0 Å². The van der Waals surface area contributed by atoms with Crippen LogP contribution in [-0.2, 0) is 14.4 Å². The van der Waals surface area contributed by atoms with Crippen LogP contribution >= 0.6 is 0 Å². The van der Waals surface area contributed by atoms with Crippen LogP contribution in [0, 0.1) is 10.1 Å². The van der Waals surface area contributed by atoms with Crippen molar-refractivity contribution < 1.29 is 33.7 Å². The van der Waals surface area contributed by atoms with Crippen LogP contribution in [0.25, 0.3) is 10.8 Å². The lowest BCUT2D eigenvalue weighted by molar-refractivity contribution is -0.757. The van der Waals surface area contributed by atoms with E-state index >= 15 is 0 Å². The van der Waals surface area contributed by atoms with Gasteiger partial charge in [0.2, 0.25) is 0 Å². The van der Waals surface area contributed by atoms with Gasteiger partial charge >= 0.3 is 11.9 Å². The third-order valence-electron chi connectivity index (χ3n) is 4.76. The Morgan fingerprint density at radius 1 is 1.00 bits per heavy atom. The molecule has 9 heteroatoms. The summed E-state index contributed by atoms with van der Waals surface area (Å²) in [6, 6.07) is 17.4. The van der Waals surface area contributed by atoms with Crippen LogP contribution in [-0.4, -0.2) is 37.3 Å². The second kappa shape index (κ2) is 10.3. The molecule has 0 spiro atoms. The molecule has 0 bridgehead atoms. The number of benzene rings is 3. The highest BCUT2D eigenvalue weighted by Gasteiger charge is 2.21. The zero-order valence-electron chi connectivity index (χ0n) is 17.5. The zero-order valence-corrected chi connectivity index (χ0v) is 17.5. The highest BCUT2D eigenvalue weighted by atomic mass is 17.0. The SMILES string of the molecule is COc1ccc2cc([C@H](C)C(=O)Oc3ccccc3C(=O)OCCO[N+](=O)[O-])ccc2c1. The molecule has 0 radical (unpaired) electrons. The smallest absolute Gasteiger partial charge is 0.342 e. The fraction of sp³-hybridized carbons (Fsp3) is 0.217. The van der Waals surface area contributed by atoms with Crippen LogP contribution in [0.3, 0.4) is 0 Å². The number of carbonyl (C=O) groups is 2. The van der Waals surface area contributed by atoms with E-state index in [1.807, 2.05) is 36.4 Å². The average molecular weight is 439 g/mol. The van der Waals surface area contributed by atoms with Crippen molar-refractivity contribution in [2.24, 2.45) is 0 Å². The molecular formula is C23H21NO8. The van der Waals surface area contributed by atoms with E-state index in [0.717, 1.165) is 22.1 Å². The van der Waals surface area contributed by atoms with E-state index in [9.17, 15) is 19.7 Å². The number of nitrogens with zero attached hydrogens (tertiary/aromatic N) is 1. The summed E-state index contributed by atoms with van der Waals surface area (Å²) in [7, 11) is 1.60. The molecule has 0 aliphatic carbocycles. The van der Waals surface area contributed by atoms with Gasteiger partial charge in [-0.2, -0.15) is 0 Å². The molecule has 3 rings (SSSR count). The van der Waals surface area contributed by atoms with Gasteiger partial charge in [0, 0.05) is 0 Å². The van der Waals surface area contributed by atoms with Crippen molar-refractivity contribution in [2.45, 2.75) is 12.8 Å². The third-order valence-corrected chi connectivity index (χ3v) is 4.76. The Bertz CT molecular complexity index is 1140. The molecule has 0 heterocycles. The summed E-state index contributed by atoms with van der Waals surface area (Å²) in [6.45, 7) is 0.995. The summed E-state index contributed by atoms with van der Waals surface area (Å²) in [6.07, 6.45) is 0. The van der Waals surface area contributed by atoms with E-state index in [4.69, 9.17) is 14.2 Å². The lowest BCUT2D eigenvalue weighted by atomic mass is 9.98. The van der Waals surface area contributed by atoms with E-state index in [1.54, 1.807) is 26.2 Å². The van der Waals surface area contributed by atoms with Crippen LogP contribution in [0.2, 0.25) is 0 Å². The van der Waals surface area contributed by atoms with Gasteiger partial charge in [-0.15, -0.1) is 10.1 Å². The summed E-state index contributed by atoms with van der Waals surface area (Å²) in [5.41, 5.74) is 0.782. The van der Waals surface area contributed by atoms with Crippen molar-refractivity contribution in [2.75, 3.05) is 20.3 Å². The highest BCUT2D eigenvalue weighted by Crippen LogP contribution is 2.27. The Kier molecular flexibility index (Phi) is 7.22. The van der Waals surface area contributed by atoms with E-state index in [0.29, 0.717) is 0 Å². The number of carbonyl (C=O) groups excluding carboxylic acids is 2. The minimum Gasteiger partial charge on any atom is -0.497 e. The summed E-state index contributed by atoms with van der Waals surface area (Å²) >= 11 is 0. The van der Waals surface area contributed by atoms with Gasteiger partial charge in [0.05, 0.1) is 13.0 Å². The molecule has 0 unspecified atom stereocenters. The first-order valence-electron chi connectivity index (χ1n) is 9.72. The largest absolute Gasteiger partial charge is 0.497 e. The summed E-state index contributed by atoms with van der Waals surface area (Å²) in [5, 5.41) is 11.1. The lowest BCUT2D eigenvalue weighted by Gasteiger charge is -2.14. The Hall–Kier alpha value is -4.14. The van der Waals surface area contributed by atoms with Crippen LogP contribution in [0.1, 0.15) is 28.8 Å². The van der Waals surface area contributed by atoms with E-state index < -0.39 is 29.6 Å². The Balaban J connectivity index is 1.71. The number of esters is 2. The second-order valence-corrected chi connectivity index (χ2v) is 6.80. The van der Waals surface area contributed by atoms with Gasteiger partial charge in [-0.1, -0.05) is 36.4 Å². The van der Waals surface area contributed by atoms with Gasteiger partial charge in [0.1, 0.15) is 30.3 Å². The molecule has 0 saturated heterocycles. The maximum Gasteiger partial charge on any atom is 0.342 e. The maximum atomic E-state index is 12.8. The minimum absolute atomic E-state index is 0.0276. The third kappa shape index (κ3) is 5.51. The van der Waals surface area contributed by atoms with Crippen LogP contribution in [0.5, 0.6) is 11.5 Å². The van der Waals surface area contributed by atoms with Crippen LogP contribution < -0.4 is 9.47 Å². The number of hydrogen-bond donors (Lipinski definition) is 0. The number of ether oxygens (including phenoxy) is 3. The lowest BCUT2D eigenvalue weighted by Crippen LogP contribution is -2.19. The Morgan fingerprint density at radius 2 is 1.72 bits per heavy atom. The second-order valence-electron chi connectivity index (χ2n) is 6.80.